The van der Waals surface area contributed by atoms with Crippen molar-refractivity contribution in [3.63, 3.8) is 0 Å². The molecule has 0 bridgehead atoms. The molecule has 9 heteroatoms. The highest BCUT2D eigenvalue weighted by Crippen LogP contribution is 2.48. The van der Waals surface area contributed by atoms with Crippen molar-refractivity contribution >= 4 is 18.4 Å². The van der Waals surface area contributed by atoms with Crippen molar-refractivity contribution in [3.8, 4) is 0 Å². The summed E-state index contributed by atoms with van der Waals surface area (Å²) >= 11 is 0. The maximum Gasteiger partial charge on any atom is 0.534 e. The van der Waals surface area contributed by atoms with Crippen LogP contribution in [-0.2, 0) is 18.7 Å². The molecule has 0 unspecified atom stereocenters. The van der Waals surface area contributed by atoms with Gasteiger partial charge >= 0.3 is 15.6 Å². The monoisotopic (exact) mass is 416 g/mol. The van der Waals surface area contributed by atoms with E-state index >= 15 is 0 Å². The standard InChI is InChI=1S/C17H31F3O4SSi/c1-7-16(12-9-13-23-26(5,6)15(2,3)4)11-8-10-14(16)24-25(21,22)17(18,19)20/h10H,7-9,11-13H2,1-6H3/t16-/m0/s1. The molecular formula is C17H31F3O4SSi. The van der Waals surface area contributed by atoms with Crippen LogP contribution in [0.25, 0.3) is 0 Å². The summed E-state index contributed by atoms with van der Waals surface area (Å²) in [6.07, 6.45) is 4.28. The van der Waals surface area contributed by atoms with Gasteiger partial charge in [0.25, 0.3) is 0 Å². The fraction of sp³-hybridized carbons (Fsp3) is 0.882. The van der Waals surface area contributed by atoms with E-state index in [2.05, 4.69) is 38.0 Å². The molecule has 1 atom stereocenters. The third-order valence-corrected chi connectivity index (χ3v) is 11.2. The first-order valence-corrected chi connectivity index (χ1v) is 13.2. The van der Waals surface area contributed by atoms with E-state index in [1.807, 2.05) is 6.92 Å². The second kappa shape index (κ2) is 7.83. The first-order chi connectivity index (χ1) is 11.6. The molecule has 26 heavy (non-hydrogen) atoms. The molecule has 0 saturated heterocycles. The average molecular weight is 417 g/mol. The minimum atomic E-state index is -5.63. The molecule has 1 aliphatic carbocycles. The first-order valence-electron chi connectivity index (χ1n) is 8.93. The summed E-state index contributed by atoms with van der Waals surface area (Å²) in [5.74, 6) is -0.0651. The molecule has 0 aliphatic heterocycles. The Kier molecular flexibility index (Phi) is 7.08. The normalized spacial score (nSPS) is 22.4. The molecule has 0 aromatic heterocycles. The number of halogens is 3. The average Bonchev–Trinajstić information content (AvgIpc) is 2.84. The van der Waals surface area contributed by atoms with Crippen LogP contribution in [-0.4, -0.2) is 28.9 Å². The third-order valence-electron chi connectivity index (χ3n) is 5.70. The van der Waals surface area contributed by atoms with Gasteiger partial charge in [-0.25, -0.2) is 0 Å². The lowest BCUT2D eigenvalue weighted by atomic mass is 9.79. The Bertz CT molecular complexity index is 621. The predicted molar refractivity (Wildman–Crippen MR) is 98.5 cm³/mol. The lowest BCUT2D eigenvalue weighted by Crippen LogP contribution is -2.41. The Labute approximate surface area is 156 Å². The van der Waals surface area contributed by atoms with E-state index in [-0.39, 0.29) is 10.8 Å². The zero-order chi connectivity index (χ0) is 20.4. The Morgan fingerprint density at radius 3 is 2.27 bits per heavy atom. The van der Waals surface area contributed by atoms with Crippen molar-refractivity contribution in [1.82, 2.24) is 0 Å². The Morgan fingerprint density at radius 2 is 1.81 bits per heavy atom. The summed E-state index contributed by atoms with van der Waals surface area (Å²) in [5.41, 5.74) is -6.09. The Hall–Kier alpha value is -0.543. The molecule has 0 heterocycles. The molecule has 0 saturated carbocycles. The van der Waals surface area contributed by atoms with E-state index in [1.165, 1.54) is 6.08 Å². The number of hydrogen-bond donors (Lipinski definition) is 0. The Balaban J connectivity index is 2.76. The summed E-state index contributed by atoms with van der Waals surface area (Å²) in [6.45, 7) is 13.1. The largest absolute Gasteiger partial charge is 0.534 e. The van der Waals surface area contributed by atoms with E-state index in [1.54, 1.807) is 0 Å². The van der Waals surface area contributed by atoms with Crippen LogP contribution in [0, 0.1) is 5.41 Å². The van der Waals surface area contributed by atoms with Gasteiger partial charge in [-0.1, -0.05) is 27.7 Å². The topological polar surface area (TPSA) is 52.6 Å². The van der Waals surface area contributed by atoms with Crippen LogP contribution in [0.5, 0.6) is 0 Å². The second-order valence-electron chi connectivity index (χ2n) is 8.44. The predicted octanol–water partition coefficient (Wildman–Crippen LogP) is 5.73. The van der Waals surface area contributed by atoms with Gasteiger partial charge in [-0.05, 0) is 56.3 Å². The van der Waals surface area contributed by atoms with Crippen LogP contribution in [0.15, 0.2) is 11.8 Å². The summed E-state index contributed by atoms with van der Waals surface area (Å²) < 4.78 is 71.3. The van der Waals surface area contributed by atoms with Crippen LogP contribution in [0.2, 0.25) is 18.1 Å². The van der Waals surface area contributed by atoms with Crippen molar-refractivity contribution in [1.29, 1.82) is 0 Å². The third kappa shape index (κ3) is 5.25. The van der Waals surface area contributed by atoms with Crippen molar-refractivity contribution in [2.75, 3.05) is 6.61 Å². The first kappa shape index (κ1) is 23.5. The minimum absolute atomic E-state index is 0.0651. The molecule has 0 spiro atoms. The van der Waals surface area contributed by atoms with Gasteiger partial charge in [0.15, 0.2) is 8.32 Å². The van der Waals surface area contributed by atoms with E-state index in [0.29, 0.717) is 38.7 Å². The van der Waals surface area contributed by atoms with Gasteiger partial charge in [0.1, 0.15) is 5.76 Å². The maximum atomic E-state index is 12.6. The number of hydrogen-bond acceptors (Lipinski definition) is 4. The molecule has 0 N–H and O–H groups in total. The molecule has 0 amide bonds. The quantitative estimate of drug-likeness (QED) is 0.219. The zero-order valence-corrected chi connectivity index (χ0v) is 18.3. The van der Waals surface area contributed by atoms with Crippen LogP contribution in [0.1, 0.15) is 59.8 Å². The molecule has 0 aromatic carbocycles. The molecule has 0 radical (unpaired) electrons. The van der Waals surface area contributed by atoms with Gasteiger partial charge in [-0.3, -0.25) is 0 Å². The van der Waals surface area contributed by atoms with E-state index in [9.17, 15) is 21.6 Å². The van der Waals surface area contributed by atoms with Gasteiger partial charge in [0.2, 0.25) is 0 Å². The maximum absolute atomic E-state index is 12.6. The van der Waals surface area contributed by atoms with Gasteiger partial charge in [0, 0.05) is 12.0 Å². The fourth-order valence-corrected chi connectivity index (χ4v) is 4.50. The van der Waals surface area contributed by atoms with Crippen molar-refractivity contribution in [3.05, 3.63) is 11.8 Å². The summed E-state index contributed by atoms with van der Waals surface area (Å²) in [4.78, 5) is 0. The van der Waals surface area contributed by atoms with Crippen LogP contribution in [0.3, 0.4) is 0 Å². The molecular weight excluding hydrogens is 385 g/mol. The molecule has 4 nitrogen and oxygen atoms in total. The van der Waals surface area contributed by atoms with Crippen molar-refractivity contribution < 1.29 is 30.2 Å². The highest BCUT2D eigenvalue weighted by atomic mass is 32.2. The van der Waals surface area contributed by atoms with E-state index in [4.69, 9.17) is 4.43 Å². The highest BCUT2D eigenvalue weighted by molar-refractivity contribution is 7.87. The zero-order valence-electron chi connectivity index (χ0n) is 16.5. The fourth-order valence-electron chi connectivity index (χ4n) is 2.84. The SMILES string of the molecule is CC[C@@]1(CCCO[Si](C)(C)C(C)(C)C)CCC=C1OS(=O)(=O)C(F)(F)F. The van der Waals surface area contributed by atoms with Gasteiger partial charge in [-0.2, -0.15) is 21.6 Å². The minimum Gasteiger partial charge on any atom is -0.417 e. The number of alkyl halides is 3. The van der Waals surface area contributed by atoms with Crippen LogP contribution >= 0.6 is 0 Å². The molecule has 1 rings (SSSR count). The molecule has 0 fully saturated rings. The smallest absolute Gasteiger partial charge is 0.417 e. The lowest BCUT2D eigenvalue weighted by Gasteiger charge is -2.37. The lowest BCUT2D eigenvalue weighted by molar-refractivity contribution is -0.0534. The van der Waals surface area contributed by atoms with Gasteiger partial charge in [-0.15, -0.1) is 0 Å². The van der Waals surface area contributed by atoms with Crippen LogP contribution in [0.4, 0.5) is 13.2 Å². The molecule has 154 valence electrons. The second-order valence-corrected chi connectivity index (χ2v) is 14.8. The summed E-state index contributed by atoms with van der Waals surface area (Å²) in [7, 11) is -7.51. The summed E-state index contributed by atoms with van der Waals surface area (Å²) in [5, 5.41) is 0.0811. The number of allylic oxidation sites excluding steroid dienone is 2. The van der Waals surface area contributed by atoms with Crippen molar-refractivity contribution in [2.45, 2.75) is 83.4 Å². The molecule has 1 aliphatic rings. The van der Waals surface area contributed by atoms with Gasteiger partial charge in [0.05, 0.1) is 0 Å². The number of rotatable bonds is 8. The van der Waals surface area contributed by atoms with E-state index < -0.39 is 29.4 Å². The Morgan fingerprint density at radius 1 is 1.23 bits per heavy atom. The summed E-state index contributed by atoms with van der Waals surface area (Å²) in [6, 6.07) is 0. The highest BCUT2D eigenvalue weighted by Gasteiger charge is 2.51. The van der Waals surface area contributed by atoms with E-state index in [0.717, 1.165) is 0 Å². The van der Waals surface area contributed by atoms with Crippen LogP contribution < -0.4 is 0 Å². The van der Waals surface area contributed by atoms with Gasteiger partial charge < -0.3 is 8.61 Å². The van der Waals surface area contributed by atoms with Crippen molar-refractivity contribution in [2.24, 2.45) is 5.41 Å². The molecule has 0 aromatic rings.